The minimum atomic E-state index is -0.488. The Kier molecular flexibility index (Phi) is 4.05. The quantitative estimate of drug-likeness (QED) is 0.636. The smallest absolute Gasteiger partial charge is 0.287 e. The summed E-state index contributed by atoms with van der Waals surface area (Å²) >= 11 is 5.77. The first-order valence-electron chi connectivity index (χ1n) is 4.69. The Morgan fingerprint density at radius 2 is 2.27 bits per heavy atom. The van der Waals surface area contributed by atoms with Gasteiger partial charge in [0.15, 0.2) is 0 Å². The van der Waals surface area contributed by atoms with Crippen LogP contribution in [0.1, 0.15) is 18.9 Å². The SMILES string of the molecule is C[C@@H](N)CCc1ccc([N+](=O)[O-])c(Cl)c1. The van der Waals surface area contributed by atoms with Gasteiger partial charge in [0.1, 0.15) is 5.02 Å². The average molecular weight is 229 g/mol. The van der Waals surface area contributed by atoms with E-state index in [-0.39, 0.29) is 16.8 Å². The summed E-state index contributed by atoms with van der Waals surface area (Å²) in [5.74, 6) is 0. The molecule has 0 spiro atoms. The fourth-order valence-corrected chi connectivity index (χ4v) is 1.52. The van der Waals surface area contributed by atoms with E-state index in [0.717, 1.165) is 18.4 Å². The van der Waals surface area contributed by atoms with Crippen LogP contribution in [-0.4, -0.2) is 11.0 Å². The lowest BCUT2D eigenvalue weighted by Crippen LogP contribution is -2.15. The largest absolute Gasteiger partial charge is 0.328 e. The Morgan fingerprint density at radius 3 is 2.73 bits per heavy atom. The van der Waals surface area contributed by atoms with Crippen LogP contribution < -0.4 is 5.73 Å². The molecular formula is C10H13ClN2O2. The van der Waals surface area contributed by atoms with E-state index in [1.165, 1.54) is 6.07 Å². The third kappa shape index (κ3) is 3.49. The van der Waals surface area contributed by atoms with E-state index >= 15 is 0 Å². The van der Waals surface area contributed by atoms with Gasteiger partial charge in [-0.2, -0.15) is 0 Å². The molecule has 0 aliphatic rings. The lowest BCUT2D eigenvalue weighted by atomic mass is 10.1. The zero-order chi connectivity index (χ0) is 11.4. The van der Waals surface area contributed by atoms with Crippen molar-refractivity contribution in [3.05, 3.63) is 38.9 Å². The van der Waals surface area contributed by atoms with Crippen LogP contribution in [0.4, 0.5) is 5.69 Å². The van der Waals surface area contributed by atoms with E-state index in [2.05, 4.69) is 0 Å². The first-order valence-corrected chi connectivity index (χ1v) is 5.07. The monoisotopic (exact) mass is 228 g/mol. The summed E-state index contributed by atoms with van der Waals surface area (Å²) in [6.07, 6.45) is 1.63. The third-order valence-electron chi connectivity index (χ3n) is 2.10. The highest BCUT2D eigenvalue weighted by Gasteiger charge is 2.11. The Morgan fingerprint density at radius 1 is 1.60 bits per heavy atom. The highest BCUT2D eigenvalue weighted by molar-refractivity contribution is 6.32. The fourth-order valence-electron chi connectivity index (χ4n) is 1.25. The van der Waals surface area contributed by atoms with Crippen LogP contribution in [-0.2, 0) is 6.42 Å². The Bertz CT molecular complexity index is 366. The minimum absolute atomic E-state index is 0.0544. The van der Waals surface area contributed by atoms with Crippen molar-refractivity contribution in [1.29, 1.82) is 0 Å². The van der Waals surface area contributed by atoms with Crippen molar-refractivity contribution < 1.29 is 4.92 Å². The maximum atomic E-state index is 10.5. The van der Waals surface area contributed by atoms with Crippen LogP contribution >= 0.6 is 11.6 Å². The van der Waals surface area contributed by atoms with E-state index in [9.17, 15) is 10.1 Å². The molecule has 0 aliphatic heterocycles. The summed E-state index contributed by atoms with van der Waals surface area (Å²) in [5.41, 5.74) is 6.54. The summed E-state index contributed by atoms with van der Waals surface area (Å²) in [6.45, 7) is 1.92. The molecule has 82 valence electrons. The van der Waals surface area contributed by atoms with E-state index in [1.54, 1.807) is 12.1 Å². The normalized spacial score (nSPS) is 12.5. The van der Waals surface area contributed by atoms with Crippen LogP contribution in [0.2, 0.25) is 5.02 Å². The number of nitrogens with two attached hydrogens (primary N) is 1. The van der Waals surface area contributed by atoms with Crippen molar-refractivity contribution in [2.75, 3.05) is 0 Å². The lowest BCUT2D eigenvalue weighted by molar-refractivity contribution is -0.384. The predicted octanol–water partition coefficient (Wildman–Crippen LogP) is 2.53. The molecule has 0 saturated carbocycles. The molecular weight excluding hydrogens is 216 g/mol. The van der Waals surface area contributed by atoms with Gasteiger partial charge >= 0.3 is 0 Å². The van der Waals surface area contributed by atoms with Gasteiger partial charge in [-0.25, -0.2) is 0 Å². The topological polar surface area (TPSA) is 69.2 Å². The molecule has 1 aromatic carbocycles. The van der Waals surface area contributed by atoms with Crippen LogP contribution in [0, 0.1) is 10.1 Å². The van der Waals surface area contributed by atoms with Crippen LogP contribution in [0.3, 0.4) is 0 Å². The summed E-state index contributed by atoms with van der Waals surface area (Å²) in [5, 5.41) is 10.7. The van der Waals surface area contributed by atoms with Crippen molar-refractivity contribution in [2.45, 2.75) is 25.8 Å². The average Bonchev–Trinajstić information content (AvgIpc) is 2.14. The number of nitro groups is 1. The molecule has 1 rings (SSSR count). The molecule has 1 aromatic rings. The molecule has 0 unspecified atom stereocenters. The fraction of sp³-hybridized carbons (Fsp3) is 0.400. The first-order chi connectivity index (χ1) is 7.00. The minimum Gasteiger partial charge on any atom is -0.328 e. The second kappa shape index (κ2) is 5.09. The summed E-state index contributed by atoms with van der Waals surface area (Å²) < 4.78 is 0. The molecule has 0 heterocycles. The maximum Gasteiger partial charge on any atom is 0.287 e. The number of nitro benzene ring substituents is 1. The van der Waals surface area contributed by atoms with E-state index in [4.69, 9.17) is 17.3 Å². The van der Waals surface area contributed by atoms with Gasteiger partial charge in [0.25, 0.3) is 5.69 Å². The van der Waals surface area contributed by atoms with Crippen LogP contribution in [0.25, 0.3) is 0 Å². The van der Waals surface area contributed by atoms with Gasteiger partial charge in [0.2, 0.25) is 0 Å². The van der Waals surface area contributed by atoms with Gasteiger partial charge in [-0.3, -0.25) is 10.1 Å². The molecule has 2 N–H and O–H groups in total. The third-order valence-corrected chi connectivity index (χ3v) is 2.40. The number of aryl methyl sites for hydroxylation is 1. The standard InChI is InChI=1S/C10H13ClN2O2/c1-7(12)2-3-8-4-5-10(13(14)15)9(11)6-8/h4-7H,2-3,12H2,1H3/t7-/m1/s1. The van der Waals surface area contributed by atoms with Crippen molar-refractivity contribution in [2.24, 2.45) is 5.73 Å². The molecule has 0 fully saturated rings. The number of halogens is 1. The summed E-state index contributed by atoms with van der Waals surface area (Å²) in [6, 6.07) is 4.90. The summed E-state index contributed by atoms with van der Waals surface area (Å²) in [7, 11) is 0. The van der Waals surface area contributed by atoms with Crippen LogP contribution in [0.15, 0.2) is 18.2 Å². The maximum absolute atomic E-state index is 10.5. The van der Waals surface area contributed by atoms with Gasteiger partial charge in [0.05, 0.1) is 4.92 Å². The number of benzene rings is 1. The number of hydrogen-bond donors (Lipinski definition) is 1. The molecule has 0 aliphatic carbocycles. The molecule has 0 aromatic heterocycles. The van der Waals surface area contributed by atoms with Crippen molar-refractivity contribution in [1.82, 2.24) is 0 Å². The zero-order valence-electron chi connectivity index (χ0n) is 8.44. The lowest BCUT2D eigenvalue weighted by Gasteiger charge is -2.05. The van der Waals surface area contributed by atoms with E-state index in [0.29, 0.717) is 0 Å². The Balaban J connectivity index is 2.78. The molecule has 0 amide bonds. The zero-order valence-corrected chi connectivity index (χ0v) is 9.20. The second-order valence-corrected chi connectivity index (χ2v) is 3.97. The molecule has 5 heteroatoms. The molecule has 0 saturated heterocycles. The number of nitrogens with zero attached hydrogens (tertiary/aromatic N) is 1. The van der Waals surface area contributed by atoms with E-state index in [1.807, 2.05) is 6.92 Å². The highest BCUT2D eigenvalue weighted by atomic mass is 35.5. The van der Waals surface area contributed by atoms with Crippen molar-refractivity contribution in [3.8, 4) is 0 Å². The summed E-state index contributed by atoms with van der Waals surface area (Å²) in [4.78, 5) is 10.0. The van der Waals surface area contributed by atoms with Gasteiger partial charge in [-0.05, 0) is 31.4 Å². The molecule has 15 heavy (non-hydrogen) atoms. The Hall–Kier alpha value is -1.13. The van der Waals surface area contributed by atoms with Gasteiger partial charge in [-0.1, -0.05) is 17.7 Å². The first kappa shape index (κ1) is 11.9. The molecule has 0 radical (unpaired) electrons. The van der Waals surface area contributed by atoms with Crippen LogP contribution in [0.5, 0.6) is 0 Å². The van der Waals surface area contributed by atoms with Gasteiger partial charge in [-0.15, -0.1) is 0 Å². The van der Waals surface area contributed by atoms with Gasteiger partial charge in [0, 0.05) is 12.1 Å². The Labute approximate surface area is 93.2 Å². The second-order valence-electron chi connectivity index (χ2n) is 3.56. The molecule has 0 bridgehead atoms. The van der Waals surface area contributed by atoms with E-state index < -0.39 is 4.92 Å². The number of hydrogen-bond acceptors (Lipinski definition) is 3. The van der Waals surface area contributed by atoms with Gasteiger partial charge < -0.3 is 5.73 Å². The van der Waals surface area contributed by atoms with Crippen molar-refractivity contribution >= 4 is 17.3 Å². The highest BCUT2D eigenvalue weighted by Crippen LogP contribution is 2.25. The predicted molar refractivity (Wildman–Crippen MR) is 60.1 cm³/mol. The molecule has 4 nitrogen and oxygen atoms in total. The number of rotatable bonds is 4. The van der Waals surface area contributed by atoms with Crippen molar-refractivity contribution in [3.63, 3.8) is 0 Å². The molecule has 1 atom stereocenters.